The Bertz CT molecular complexity index is 587. The Morgan fingerprint density at radius 2 is 2.08 bits per heavy atom. The number of anilines is 1. The van der Waals surface area contributed by atoms with Crippen LogP contribution in [-0.4, -0.2) is 80.7 Å². The average molecular weight is 361 g/mol. The van der Waals surface area contributed by atoms with E-state index in [9.17, 15) is 4.79 Å². The van der Waals surface area contributed by atoms with Crippen molar-refractivity contribution in [2.45, 2.75) is 25.7 Å². The zero-order valence-electron chi connectivity index (χ0n) is 16.2. The van der Waals surface area contributed by atoms with Crippen molar-refractivity contribution in [1.82, 2.24) is 14.8 Å². The minimum absolute atomic E-state index is 0.135. The molecule has 0 bridgehead atoms. The topological polar surface area (TPSA) is 48.9 Å². The van der Waals surface area contributed by atoms with E-state index in [-0.39, 0.29) is 5.91 Å². The summed E-state index contributed by atoms with van der Waals surface area (Å²) in [6, 6.07) is 3.84. The fourth-order valence-corrected chi connectivity index (χ4v) is 3.94. The highest BCUT2D eigenvalue weighted by Crippen LogP contribution is 2.25. The standard InChI is InChI=1S/C20H32N4O2/c1-22-10-12-23(13-11-22)20(25)18-7-8-21-19(15-18)24-9-3-5-17(16-24)6-4-14-26-2/h7-8,15,17H,3-6,9-14,16H2,1-2H3/t17-/m0/s1. The maximum atomic E-state index is 12.8. The van der Waals surface area contributed by atoms with Gasteiger partial charge in [-0.3, -0.25) is 4.79 Å². The van der Waals surface area contributed by atoms with Crippen LogP contribution in [0.3, 0.4) is 0 Å². The molecular formula is C20H32N4O2. The van der Waals surface area contributed by atoms with Gasteiger partial charge in [0.05, 0.1) is 0 Å². The van der Waals surface area contributed by atoms with Crippen molar-refractivity contribution in [3.05, 3.63) is 23.9 Å². The van der Waals surface area contributed by atoms with Gasteiger partial charge >= 0.3 is 0 Å². The number of aromatic nitrogens is 1. The van der Waals surface area contributed by atoms with Gasteiger partial charge in [-0.1, -0.05) is 0 Å². The van der Waals surface area contributed by atoms with Crippen molar-refractivity contribution >= 4 is 11.7 Å². The van der Waals surface area contributed by atoms with Gasteiger partial charge < -0.3 is 19.4 Å². The number of pyridine rings is 1. The number of rotatable bonds is 6. The number of carbonyl (C=O) groups is 1. The molecule has 0 N–H and O–H groups in total. The maximum absolute atomic E-state index is 12.8. The molecule has 0 radical (unpaired) electrons. The molecular weight excluding hydrogens is 328 g/mol. The first kappa shape index (κ1) is 19.1. The Hall–Kier alpha value is -1.66. The van der Waals surface area contributed by atoms with Crippen LogP contribution in [0, 0.1) is 5.92 Å². The summed E-state index contributed by atoms with van der Waals surface area (Å²) in [4.78, 5) is 24.0. The molecule has 6 heteroatoms. The van der Waals surface area contributed by atoms with Gasteiger partial charge in [0.1, 0.15) is 5.82 Å². The lowest BCUT2D eigenvalue weighted by atomic mass is 9.93. The minimum Gasteiger partial charge on any atom is -0.385 e. The third-order valence-corrected chi connectivity index (χ3v) is 5.59. The molecule has 3 heterocycles. The second-order valence-corrected chi connectivity index (χ2v) is 7.59. The minimum atomic E-state index is 0.135. The summed E-state index contributed by atoms with van der Waals surface area (Å²) >= 11 is 0. The molecule has 1 amide bonds. The number of methoxy groups -OCH3 is 1. The fraction of sp³-hybridized carbons (Fsp3) is 0.700. The lowest BCUT2D eigenvalue weighted by Gasteiger charge is -2.34. The zero-order valence-corrected chi connectivity index (χ0v) is 16.2. The summed E-state index contributed by atoms with van der Waals surface area (Å²) in [5, 5.41) is 0. The molecule has 6 nitrogen and oxygen atoms in total. The second-order valence-electron chi connectivity index (χ2n) is 7.59. The molecule has 26 heavy (non-hydrogen) atoms. The van der Waals surface area contributed by atoms with Gasteiger partial charge in [-0.25, -0.2) is 4.98 Å². The number of hydrogen-bond donors (Lipinski definition) is 0. The summed E-state index contributed by atoms with van der Waals surface area (Å²) in [6.07, 6.45) is 6.57. The highest BCUT2D eigenvalue weighted by molar-refractivity contribution is 5.95. The number of piperidine rings is 1. The monoisotopic (exact) mass is 360 g/mol. The van der Waals surface area contributed by atoms with E-state index in [2.05, 4.69) is 21.8 Å². The Morgan fingerprint density at radius 3 is 2.85 bits per heavy atom. The van der Waals surface area contributed by atoms with Crippen LogP contribution >= 0.6 is 0 Å². The molecule has 3 rings (SSSR count). The first-order valence-corrected chi connectivity index (χ1v) is 9.85. The number of hydrogen-bond acceptors (Lipinski definition) is 5. The number of likely N-dealkylation sites (N-methyl/N-ethyl adjacent to an activating group) is 1. The number of ether oxygens (including phenoxy) is 1. The van der Waals surface area contributed by atoms with Gasteiger partial charge in [0.25, 0.3) is 5.91 Å². The Morgan fingerprint density at radius 1 is 1.27 bits per heavy atom. The summed E-state index contributed by atoms with van der Waals surface area (Å²) in [5.41, 5.74) is 0.765. The van der Waals surface area contributed by atoms with E-state index < -0.39 is 0 Å². The molecule has 0 unspecified atom stereocenters. The van der Waals surface area contributed by atoms with Crippen molar-refractivity contribution in [2.24, 2.45) is 5.92 Å². The summed E-state index contributed by atoms with van der Waals surface area (Å²) in [7, 11) is 3.87. The third-order valence-electron chi connectivity index (χ3n) is 5.59. The predicted octanol–water partition coefficient (Wildman–Crippen LogP) is 2.11. The zero-order chi connectivity index (χ0) is 18.4. The number of carbonyl (C=O) groups excluding carboxylic acids is 1. The van der Waals surface area contributed by atoms with E-state index in [4.69, 9.17) is 4.74 Å². The van der Waals surface area contributed by atoms with E-state index >= 15 is 0 Å². The van der Waals surface area contributed by atoms with Crippen molar-refractivity contribution in [2.75, 3.05) is 64.9 Å². The molecule has 0 aromatic carbocycles. The van der Waals surface area contributed by atoms with Gasteiger partial charge in [-0.15, -0.1) is 0 Å². The van der Waals surface area contributed by atoms with Crippen LogP contribution in [-0.2, 0) is 4.74 Å². The first-order chi connectivity index (χ1) is 12.7. The number of nitrogens with zero attached hydrogens (tertiary/aromatic N) is 4. The molecule has 0 aliphatic carbocycles. The number of piperazine rings is 1. The molecule has 1 aromatic heterocycles. The Labute approximate surface area is 157 Å². The van der Waals surface area contributed by atoms with Crippen molar-refractivity contribution in [1.29, 1.82) is 0 Å². The third kappa shape index (κ3) is 4.95. The molecule has 0 spiro atoms. The second kappa shape index (κ2) is 9.33. The smallest absolute Gasteiger partial charge is 0.254 e. The molecule has 2 fully saturated rings. The van der Waals surface area contributed by atoms with E-state index in [0.29, 0.717) is 5.92 Å². The van der Waals surface area contributed by atoms with Gasteiger partial charge in [0, 0.05) is 64.7 Å². The van der Waals surface area contributed by atoms with E-state index in [1.165, 1.54) is 19.3 Å². The van der Waals surface area contributed by atoms with Gasteiger partial charge in [0.15, 0.2) is 0 Å². The van der Waals surface area contributed by atoms with Gasteiger partial charge in [-0.2, -0.15) is 0 Å². The normalized spacial score (nSPS) is 21.8. The van der Waals surface area contributed by atoms with Crippen LogP contribution in [0.4, 0.5) is 5.82 Å². The molecule has 0 saturated carbocycles. The molecule has 1 aromatic rings. The molecule has 2 aliphatic heterocycles. The van der Waals surface area contributed by atoms with Gasteiger partial charge in [-0.05, 0) is 50.8 Å². The number of amides is 1. The SMILES string of the molecule is COCCC[C@@H]1CCCN(c2cc(C(=O)N3CCN(C)CC3)ccn2)C1. The van der Waals surface area contributed by atoms with Crippen LogP contribution in [0.25, 0.3) is 0 Å². The first-order valence-electron chi connectivity index (χ1n) is 9.85. The average Bonchev–Trinajstić information content (AvgIpc) is 2.69. The largest absolute Gasteiger partial charge is 0.385 e. The van der Waals surface area contributed by atoms with Crippen molar-refractivity contribution in [3.63, 3.8) is 0 Å². The molecule has 2 saturated heterocycles. The Balaban J connectivity index is 1.62. The lowest BCUT2D eigenvalue weighted by Crippen LogP contribution is -2.47. The lowest BCUT2D eigenvalue weighted by molar-refractivity contribution is 0.0664. The van der Waals surface area contributed by atoms with Crippen molar-refractivity contribution < 1.29 is 9.53 Å². The molecule has 1 atom stereocenters. The Kier molecular flexibility index (Phi) is 6.86. The summed E-state index contributed by atoms with van der Waals surface area (Å²) < 4.78 is 5.18. The van der Waals surface area contributed by atoms with E-state index in [1.807, 2.05) is 17.0 Å². The van der Waals surface area contributed by atoms with Crippen LogP contribution in [0.2, 0.25) is 0 Å². The summed E-state index contributed by atoms with van der Waals surface area (Å²) in [5.74, 6) is 1.77. The predicted molar refractivity (Wildman–Crippen MR) is 104 cm³/mol. The maximum Gasteiger partial charge on any atom is 0.254 e. The highest BCUT2D eigenvalue weighted by Gasteiger charge is 2.23. The van der Waals surface area contributed by atoms with E-state index in [1.54, 1.807) is 13.3 Å². The molecule has 144 valence electrons. The van der Waals surface area contributed by atoms with Crippen LogP contribution in [0.5, 0.6) is 0 Å². The van der Waals surface area contributed by atoms with Crippen LogP contribution in [0.15, 0.2) is 18.3 Å². The van der Waals surface area contributed by atoms with Crippen LogP contribution < -0.4 is 4.90 Å². The van der Waals surface area contributed by atoms with Crippen molar-refractivity contribution in [3.8, 4) is 0 Å². The summed E-state index contributed by atoms with van der Waals surface area (Å²) in [6.45, 7) is 6.39. The quantitative estimate of drug-likeness (QED) is 0.727. The van der Waals surface area contributed by atoms with E-state index in [0.717, 1.165) is 63.7 Å². The van der Waals surface area contributed by atoms with Gasteiger partial charge in [0.2, 0.25) is 0 Å². The highest BCUT2D eigenvalue weighted by atomic mass is 16.5. The fourth-order valence-electron chi connectivity index (χ4n) is 3.94. The molecule has 2 aliphatic rings. The van der Waals surface area contributed by atoms with Crippen LogP contribution in [0.1, 0.15) is 36.0 Å².